The first kappa shape index (κ1) is 21.9. The van der Waals surface area contributed by atoms with E-state index in [0.29, 0.717) is 30.8 Å². The smallest absolute Gasteiger partial charge is 0.224 e. The summed E-state index contributed by atoms with van der Waals surface area (Å²) in [4.78, 5) is 17.1. The van der Waals surface area contributed by atoms with Crippen molar-refractivity contribution in [2.24, 2.45) is 0 Å². The number of nitrogens with zero attached hydrogens (tertiary/aromatic N) is 4. The second-order valence-corrected chi connectivity index (χ2v) is 8.11. The molecule has 0 fully saturated rings. The lowest BCUT2D eigenvalue weighted by Gasteiger charge is -2.25. The lowest BCUT2D eigenvalue weighted by Crippen LogP contribution is -2.36. The Kier molecular flexibility index (Phi) is 7.54. The molecule has 1 aromatic heterocycles. The summed E-state index contributed by atoms with van der Waals surface area (Å²) in [5.74, 6) is 0.870. The molecule has 1 amide bonds. The van der Waals surface area contributed by atoms with E-state index in [0.717, 1.165) is 23.5 Å². The number of carbonyl (C=O) groups excluding carboxylic acids is 1. The van der Waals surface area contributed by atoms with Crippen molar-refractivity contribution >= 4 is 18.1 Å². The fourth-order valence-electron chi connectivity index (χ4n) is 3.23. The molecule has 0 unspecified atom stereocenters. The monoisotopic (exact) mass is 423 g/mol. The molecule has 3 aromatic rings. The molecule has 158 valence electrons. The molecule has 0 saturated heterocycles. The van der Waals surface area contributed by atoms with Crippen LogP contribution in [0.4, 0.5) is 0 Å². The number of amides is 1. The van der Waals surface area contributed by atoms with Crippen molar-refractivity contribution < 1.29 is 4.79 Å². The van der Waals surface area contributed by atoms with Crippen LogP contribution in [0.15, 0.2) is 54.6 Å². The van der Waals surface area contributed by atoms with Gasteiger partial charge in [-0.3, -0.25) is 14.5 Å². The normalized spacial score (nSPS) is 11.1. The molecular weight excluding hydrogens is 394 g/mol. The number of aromatic nitrogens is 3. The van der Waals surface area contributed by atoms with E-state index in [1.54, 1.807) is 0 Å². The van der Waals surface area contributed by atoms with Gasteiger partial charge in [0.25, 0.3) is 0 Å². The Bertz CT molecular complexity index is 1010. The zero-order valence-electron chi connectivity index (χ0n) is 17.8. The van der Waals surface area contributed by atoms with E-state index < -0.39 is 0 Å². The van der Waals surface area contributed by atoms with Gasteiger partial charge in [0.05, 0.1) is 0 Å². The van der Waals surface area contributed by atoms with Crippen LogP contribution in [0.2, 0.25) is 0 Å². The van der Waals surface area contributed by atoms with E-state index in [1.165, 1.54) is 5.56 Å². The molecule has 0 atom stereocenters. The first-order chi connectivity index (χ1) is 14.4. The first-order valence-electron chi connectivity index (χ1n) is 10.1. The second kappa shape index (κ2) is 10.3. The lowest BCUT2D eigenvalue weighted by molar-refractivity contribution is -0.132. The number of aromatic amines is 1. The Morgan fingerprint density at radius 3 is 2.43 bits per heavy atom. The van der Waals surface area contributed by atoms with Gasteiger partial charge in [-0.15, -0.1) is 0 Å². The molecule has 30 heavy (non-hydrogen) atoms. The summed E-state index contributed by atoms with van der Waals surface area (Å²) in [6.07, 6.45) is 0.368. The minimum Gasteiger partial charge on any atom is -0.337 e. The van der Waals surface area contributed by atoms with Gasteiger partial charge < -0.3 is 9.80 Å². The van der Waals surface area contributed by atoms with Crippen LogP contribution in [0.5, 0.6) is 0 Å². The number of rotatable bonds is 9. The summed E-state index contributed by atoms with van der Waals surface area (Å²) in [6.45, 7) is 4.65. The van der Waals surface area contributed by atoms with Crippen LogP contribution in [-0.2, 0) is 17.9 Å². The molecule has 0 aliphatic carbocycles. The van der Waals surface area contributed by atoms with Gasteiger partial charge in [0.15, 0.2) is 10.6 Å². The van der Waals surface area contributed by atoms with Crippen LogP contribution in [-0.4, -0.2) is 57.7 Å². The van der Waals surface area contributed by atoms with Crippen LogP contribution in [0.1, 0.15) is 17.5 Å². The summed E-state index contributed by atoms with van der Waals surface area (Å²) in [6, 6.07) is 18.2. The largest absolute Gasteiger partial charge is 0.337 e. The predicted octanol–water partition coefficient (Wildman–Crippen LogP) is 3.90. The fraction of sp³-hybridized carbons (Fsp3) is 0.348. The maximum atomic E-state index is 13.1. The summed E-state index contributed by atoms with van der Waals surface area (Å²) in [5.41, 5.74) is 3.30. The van der Waals surface area contributed by atoms with Gasteiger partial charge in [0.2, 0.25) is 5.91 Å². The Labute approximate surface area is 183 Å². The Hall–Kier alpha value is -2.77. The van der Waals surface area contributed by atoms with E-state index in [4.69, 9.17) is 12.2 Å². The van der Waals surface area contributed by atoms with Gasteiger partial charge in [-0.25, -0.2) is 0 Å². The maximum absolute atomic E-state index is 13.1. The summed E-state index contributed by atoms with van der Waals surface area (Å²) in [7, 11) is 4.04. The Morgan fingerprint density at radius 2 is 1.77 bits per heavy atom. The van der Waals surface area contributed by atoms with Gasteiger partial charge in [-0.05, 0) is 38.8 Å². The number of hydrogen-bond donors (Lipinski definition) is 1. The number of nitrogens with one attached hydrogen (secondary N) is 1. The zero-order chi connectivity index (χ0) is 21.5. The van der Waals surface area contributed by atoms with Crippen molar-refractivity contribution in [2.75, 3.05) is 27.2 Å². The molecular formula is C23H29N5OS. The summed E-state index contributed by atoms with van der Waals surface area (Å²) < 4.78 is 2.44. The average molecular weight is 424 g/mol. The molecule has 0 aliphatic rings. The highest BCUT2D eigenvalue weighted by molar-refractivity contribution is 7.71. The minimum absolute atomic E-state index is 0.110. The minimum atomic E-state index is 0.110. The molecule has 0 bridgehead atoms. The molecule has 2 aromatic carbocycles. The van der Waals surface area contributed by atoms with Crippen molar-refractivity contribution in [3.8, 4) is 11.4 Å². The molecule has 6 nitrogen and oxygen atoms in total. The van der Waals surface area contributed by atoms with E-state index in [-0.39, 0.29) is 5.91 Å². The standard InChI is InChI=1S/C23H29N5OS/c1-18-9-11-20(12-10-18)22-24-25-23(30)28(22)14-13-21(29)27(16-15-26(2)3)17-19-7-5-4-6-8-19/h4-12H,13-17H2,1-3H3,(H,25,30). The molecule has 7 heteroatoms. The van der Waals surface area contributed by atoms with E-state index in [2.05, 4.69) is 34.2 Å². The number of benzene rings is 2. The molecule has 3 rings (SSSR count). The Balaban J connectivity index is 1.72. The highest BCUT2D eigenvalue weighted by atomic mass is 32.1. The van der Waals surface area contributed by atoms with Crippen LogP contribution < -0.4 is 0 Å². The molecule has 0 radical (unpaired) electrons. The van der Waals surface area contributed by atoms with Crippen molar-refractivity contribution in [2.45, 2.75) is 26.4 Å². The topological polar surface area (TPSA) is 57.2 Å². The van der Waals surface area contributed by atoms with Crippen molar-refractivity contribution in [3.05, 3.63) is 70.5 Å². The molecule has 1 heterocycles. The summed E-state index contributed by atoms with van der Waals surface area (Å²) >= 11 is 5.42. The van der Waals surface area contributed by atoms with E-state index >= 15 is 0 Å². The average Bonchev–Trinajstić information content (AvgIpc) is 3.11. The van der Waals surface area contributed by atoms with Gasteiger partial charge in [0, 0.05) is 38.2 Å². The highest BCUT2D eigenvalue weighted by Gasteiger charge is 2.16. The number of carbonyl (C=O) groups is 1. The van der Waals surface area contributed by atoms with Crippen molar-refractivity contribution in [1.82, 2.24) is 24.6 Å². The molecule has 0 spiro atoms. The maximum Gasteiger partial charge on any atom is 0.224 e. The third kappa shape index (κ3) is 5.87. The van der Waals surface area contributed by atoms with Crippen LogP contribution in [0, 0.1) is 11.7 Å². The number of hydrogen-bond acceptors (Lipinski definition) is 4. The quantitative estimate of drug-likeness (QED) is 0.531. The highest BCUT2D eigenvalue weighted by Crippen LogP contribution is 2.18. The zero-order valence-corrected chi connectivity index (χ0v) is 18.7. The van der Waals surface area contributed by atoms with Crippen LogP contribution in [0.25, 0.3) is 11.4 Å². The molecule has 0 saturated carbocycles. The third-order valence-corrected chi connectivity index (χ3v) is 5.32. The van der Waals surface area contributed by atoms with Crippen LogP contribution in [0.3, 0.4) is 0 Å². The number of aryl methyl sites for hydroxylation is 1. The number of likely N-dealkylation sites (N-methyl/N-ethyl adjacent to an activating group) is 1. The van der Waals surface area contributed by atoms with E-state index in [1.807, 2.05) is 66.0 Å². The second-order valence-electron chi connectivity index (χ2n) is 7.72. The molecule has 0 aliphatic heterocycles. The van der Waals surface area contributed by atoms with Crippen LogP contribution >= 0.6 is 12.2 Å². The van der Waals surface area contributed by atoms with Gasteiger partial charge in [-0.1, -0.05) is 60.2 Å². The lowest BCUT2D eigenvalue weighted by atomic mass is 10.1. The SMILES string of the molecule is Cc1ccc(-c2n[nH]c(=S)n2CCC(=O)N(CCN(C)C)Cc2ccccc2)cc1. The first-order valence-corrected chi connectivity index (χ1v) is 10.5. The van der Waals surface area contributed by atoms with Gasteiger partial charge in [-0.2, -0.15) is 5.10 Å². The van der Waals surface area contributed by atoms with Crippen molar-refractivity contribution in [1.29, 1.82) is 0 Å². The van der Waals surface area contributed by atoms with Crippen molar-refractivity contribution in [3.63, 3.8) is 0 Å². The Morgan fingerprint density at radius 1 is 1.07 bits per heavy atom. The van der Waals surface area contributed by atoms with Gasteiger partial charge in [0.1, 0.15) is 0 Å². The van der Waals surface area contributed by atoms with E-state index in [9.17, 15) is 4.79 Å². The summed E-state index contributed by atoms with van der Waals surface area (Å²) in [5, 5.41) is 7.25. The molecule has 1 N–H and O–H groups in total. The fourth-order valence-corrected chi connectivity index (χ4v) is 3.45. The van der Waals surface area contributed by atoms with Gasteiger partial charge >= 0.3 is 0 Å². The third-order valence-electron chi connectivity index (χ3n) is 5.00. The number of H-pyrrole nitrogens is 1. The predicted molar refractivity (Wildman–Crippen MR) is 123 cm³/mol.